The van der Waals surface area contributed by atoms with Crippen LogP contribution in [0.1, 0.15) is 50.3 Å². The lowest BCUT2D eigenvalue weighted by Gasteiger charge is -2.30. The molecule has 0 aromatic heterocycles. The van der Waals surface area contributed by atoms with Crippen LogP contribution in [0.15, 0.2) is 24.3 Å². The fraction of sp³-hybridized carbons (Fsp3) is 0.579. The van der Waals surface area contributed by atoms with Gasteiger partial charge in [0.05, 0.1) is 18.7 Å². The maximum Gasteiger partial charge on any atom is 0.252 e. The summed E-state index contributed by atoms with van der Waals surface area (Å²) in [5.74, 6) is -0.726. The van der Waals surface area contributed by atoms with Crippen molar-refractivity contribution in [3.63, 3.8) is 0 Å². The van der Waals surface area contributed by atoms with Gasteiger partial charge in [-0.15, -0.1) is 12.4 Å². The van der Waals surface area contributed by atoms with Crippen LogP contribution in [0.25, 0.3) is 0 Å². The molecule has 1 aliphatic heterocycles. The van der Waals surface area contributed by atoms with Gasteiger partial charge in [-0.1, -0.05) is 37.6 Å². The van der Waals surface area contributed by atoms with E-state index in [0.717, 1.165) is 24.8 Å². The highest BCUT2D eigenvalue weighted by Gasteiger charge is 2.35. The smallest absolute Gasteiger partial charge is 0.252 e. The first-order valence-electron chi connectivity index (χ1n) is 8.99. The van der Waals surface area contributed by atoms with Crippen molar-refractivity contribution in [3.8, 4) is 0 Å². The molecule has 1 aromatic carbocycles. The highest BCUT2D eigenvalue weighted by Crippen LogP contribution is 2.26. The Morgan fingerprint density at radius 1 is 1.27 bits per heavy atom. The third-order valence-corrected chi connectivity index (χ3v) is 4.72. The highest BCUT2D eigenvalue weighted by atomic mass is 35.5. The van der Waals surface area contributed by atoms with Gasteiger partial charge in [0, 0.05) is 6.54 Å². The van der Waals surface area contributed by atoms with Gasteiger partial charge in [-0.2, -0.15) is 0 Å². The number of hydrogen-bond donors (Lipinski definition) is 2. The number of amides is 2. The van der Waals surface area contributed by atoms with E-state index in [1.54, 1.807) is 0 Å². The maximum absolute atomic E-state index is 12.9. The number of hydrogen-bond acceptors (Lipinski definition) is 4. The number of carbonyl (C=O) groups is 2. The fourth-order valence-corrected chi connectivity index (χ4v) is 3.25. The standard InChI is InChI=1S/C19H29N3O3.ClH/c1-3-4-14-5-7-15(8-6-14)13(2)22(12-18(21)23)19(24)17-10-9-16(11-20)25-17;/h5-8,13,16-17H,3-4,9-12,20H2,1-2H3,(H2,21,23);1H/t13?,16-,17+;/m1./s1. The summed E-state index contributed by atoms with van der Waals surface area (Å²) in [5.41, 5.74) is 13.2. The summed E-state index contributed by atoms with van der Waals surface area (Å²) in [7, 11) is 0. The lowest BCUT2D eigenvalue weighted by molar-refractivity contribution is -0.147. The summed E-state index contributed by atoms with van der Waals surface area (Å²) in [6, 6.07) is 7.90. The van der Waals surface area contributed by atoms with Gasteiger partial charge in [0.2, 0.25) is 5.91 Å². The van der Waals surface area contributed by atoms with Gasteiger partial charge in [-0.05, 0) is 37.3 Å². The minimum absolute atomic E-state index is 0. The Balaban J connectivity index is 0.00000338. The molecule has 1 fully saturated rings. The van der Waals surface area contributed by atoms with Crippen LogP contribution in [-0.2, 0) is 20.7 Å². The molecule has 0 bridgehead atoms. The number of ether oxygens (including phenoxy) is 1. The van der Waals surface area contributed by atoms with E-state index >= 15 is 0 Å². The van der Waals surface area contributed by atoms with Crippen molar-refractivity contribution in [2.75, 3.05) is 13.1 Å². The number of aryl methyl sites for hydroxylation is 1. The second-order valence-electron chi connectivity index (χ2n) is 6.66. The predicted octanol–water partition coefficient (Wildman–Crippen LogP) is 1.94. The molecule has 1 unspecified atom stereocenters. The van der Waals surface area contributed by atoms with Crippen molar-refractivity contribution >= 4 is 24.2 Å². The number of carbonyl (C=O) groups excluding carboxylic acids is 2. The number of nitrogens with zero attached hydrogens (tertiary/aromatic N) is 1. The first kappa shape index (κ1) is 22.4. The van der Waals surface area contributed by atoms with Gasteiger partial charge in [0.15, 0.2) is 0 Å². The summed E-state index contributed by atoms with van der Waals surface area (Å²) in [5, 5.41) is 0. The van der Waals surface area contributed by atoms with Gasteiger partial charge in [-0.25, -0.2) is 0 Å². The Bertz CT molecular complexity index is 594. The van der Waals surface area contributed by atoms with E-state index in [1.807, 2.05) is 19.1 Å². The third-order valence-electron chi connectivity index (χ3n) is 4.72. The Labute approximate surface area is 161 Å². The molecule has 0 spiro atoms. The summed E-state index contributed by atoms with van der Waals surface area (Å²) in [4.78, 5) is 25.9. The lowest BCUT2D eigenvalue weighted by Crippen LogP contribution is -2.45. The molecule has 26 heavy (non-hydrogen) atoms. The van der Waals surface area contributed by atoms with Gasteiger partial charge < -0.3 is 21.1 Å². The quantitative estimate of drug-likeness (QED) is 0.716. The first-order valence-corrected chi connectivity index (χ1v) is 8.99. The van der Waals surface area contributed by atoms with Crippen LogP contribution in [0.5, 0.6) is 0 Å². The summed E-state index contributed by atoms with van der Waals surface area (Å²) >= 11 is 0. The molecule has 1 aliphatic rings. The van der Waals surface area contributed by atoms with Gasteiger partial charge >= 0.3 is 0 Å². The van der Waals surface area contributed by atoms with Crippen molar-refractivity contribution in [1.29, 1.82) is 0 Å². The summed E-state index contributed by atoms with van der Waals surface area (Å²) < 4.78 is 5.70. The van der Waals surface area contributed by atoms with Gasteiger partial charge in [0.25, 0.3) is 5.91 Å². The minimum atomic E-state index is -0.547. The molecule has 3 atom stereocenters. The zero-order valence-corrected chi connectivity index (χ0v) is 16.3. The molecule has 2 amide bonds. The second kappa shape index (κ2) is 10.5. The van der Waals surface area contributed by atoms with Crippen molar-refractivity contribution in [1.82, 2.24) is 4.90 Å². The van der Waals surface area contributed by atoms with Crippen LogP contribution in [-0.4, -0.2) is 42.0 Å². The lowest BCUT2D eigenvalue weighted by atomic mass is 10.0. The SMILES string of the molecule is CCCc1ccc(C(C)N(CC(N)=O)C(=O)[C@@H]2CC[C@H](CN)O2)cc1.Cl. The van der Waals surface area contributed by atoms with Gasteiger partial charge in [-0.3, -0.25) is 9.59 Å². The molecular weight excluding hydrogens is 354 g/mol. The van der Waals surface area contributed by atoms with Crippen molar-refractivity contribution < 1.29 is 14.3 Å². The fourth-order valence-electron chi connectivity index (χ4n) is 3.25. The highest BCUT2D eigenvalue weighted by molar-refractivity contribution is 5.87. The average molecular weight is 384 g/mol. The van der Waals surface area contributed by atoms with Gasteiger partial charge in [0.1, 0.15) is 6.10 Å². The van der Waals surface area contributed by atoms with Crippen LogP contribution in [0.2, 0.25) is 0 Å². The van der Waals surface area contributed by atoms with Crippen molar-refractivity contribution in [3.05, 3.63) is 35.4 Å². The Kier molecular flexibility index (Phi) is 9.05. The molecule has 1 heterocycles. The predicted molar refractivity (Wildman–Crippen MR) is 104 cm³/mol. The Morgan fingerprint density at radius 2 is 1.92 bits per heavy atom. The zero-order valence-electron chi connectivity index (χ0n) is 15.5. The molecule has 1 aromatic rings. The van der Waals surface area contributed by atoms with E-state index in [4.69, 9.17) is 16.2 Å². The van der Waals surface area contributed by atoms with Crippen LogP contribution in [0.4, 0.5) is 0 Å². The van der Waals surface area contributed by atoms with E-state index in [9.17, 15) is 9.59 Å². The molecule has 2 rings (SSSR count). The van der Waals surface area contributed by atoms with E-state index in [1.165, 1.54) is 10.5 Å². The monoisotopic (exact) mass is 383 g/mol. The molecule has 0 aliphatic carbocycles. The molecule has 1 saturated heterocycles. The Hall–Kier alpha value is -1.63. The summed E-state index contributed by atoms with van der Waals surface area (Å²) in [6.07, 6.45) is 2.86. The molecule has 146 valence electrons. The van der Waals surface area contributed by atoms with E-state index in [0.29, 0.717) is 13.0 Å². The minimum Gasteiger partial charge on any atom is -0.368 e. The van der Waals surface area contributed by atoms with Crippen LogP contribution >= 0.6 is 12.4 Å². The van der Waals surface area contributed by atoms with E-state index in [2.05, 4.69) is 19.1 Å². The van der Waals surface area contributed by atoms with Crippen LogP contribution < -0.4 is 11.5 Å². The van der Waals surface area contributed by atoms with Crippen LogP contribution in [0, 0.1) is 0 Å². The van der Waals surface area contributed by atoms with Crippen molar-refractivity contribution in [2.45, 2.75) is 57.8 Å². The van der Waals surface area contributed by atoms with E-state index in [-0.39, 0.29) is 37.0 Å². The maximum atomic E-state index is 12.9. The molecule has 0 radical (unpaired) electrons. The topological polar surface area (TPSA) is 98.7 Å². The number of primary amides is 1. The third kappa shape index (κ3) is 5.69. The molecule has 7 heteroatoms. The number of halogens is 1. The average Bonchev–Trinajstić information content (AvgIpc) is 3.08. The normalized spacial score (nSPS) is 20.3. The summed E-state index contributed by atoms with van der Waals surface area (Å²) in [6.45, 7) is 4.32. The second-order valence-corrected chi connectivity index (χ2v) is 6.66. The number of nitrogens with two attached hydrogens (primary N) is 2. The zero-order chi connectivity index (χ0) is 18.4. The van der Waals surface area contributed by atoms with Crippen LogP contribution in [0.3, 0.4) is 0 Å². The van der Waals surface area contributed by atoms with Crippen molar-refractivity contribution in [2.24, 2.45) is 11.5 Å². The first-order chi connectivity index (χ1) is 12.0. The number of benzene rings is 1. The molecule has 6 nitrogen and oxygen atoms in total. The molecule has 0 saturated carbocycles. The molecule has 4 N–H and O–H groups in total. The molecular formula is C19H30ClN3O3. The number of rotatable bonds is 8. The Morgan fingerprint density at radius 3 is 2.42 bits per heavy atom. The largest absolute Gasteiger partial charge is 0.368 e. The van der Waals surface area contributed by atoms with E-state index < -0.39 is 12.0 Å².